The van der Waals surface area contributed by atoms with Gasteiger partial charge in [0.25, 0.3) is 0 Å². The first-order valence-corrected chi connectivity index (χ1v) is 21.9. The Labute approximate surface area is 344 Å². The van der Waals surface area contributed by atoms with Crippen molar-refractivity contribution in [2.24, 2.45) is 23.0 Å². The lowest BCUT2D eigenvalue weighted by atomic mass is 9.64. The normalized spacial score (nSPS) is 24.5. The van der Waals surface area contributed by atoms with Crippen molar-refractivity contribution in [1.29, 1.82) is 0 Å². The molecule has 0 aromatic carbocycles. The van der Waals surface area contributed by atoms with Gasteiger partial charge in [0.15, 0.2) is 0 Å². The van der Waals surface area contributed by atoms with E-state index in [1.165, 1.54) is 0 Å². The summed E-state index contributed by atoms with van der Waals surface area (Å²) < 4.78 is 16.7. The first-order chi connectivity index (χ1) is 26.8. The smallest absolute Gasteiger partial charge is 0.321 e. The summed E-state index contributed by atoms with van der Waals surface area (Å²) in [4.78, 5) is 75.4. The Balaban J connectivity index is 1.80. The van der Waals surface area contributed by atoms with Gasteiger partial charge in [-0.15, -0.1) is 11.8 Å². The fraction of sp³-hybridized carbons (Fsp3) is 0.854. The van der Waals surface area contributed by atoms with Crippen LogP contribution in [-0.2, 0) is 43.0 Å². The highest BCUT2D eigenvalue weighted by atomic mass is 32.2. The SMILES string of the molecule is CCC(C)(CC1CCCC(C)(C(C)(CC)NC(=O)COCCNC(=O)CCN2C(=O)CC(SCC(N)C(=O)O)C2=O)CCC(C)C1)NC(=O)COCCOC(C)C. The van der Waals surface area contributed by atoms with Gasteiger partial charge in [-0.3, -0.25) is 33.7 Å². The van der Waals surface area contributed by atoms with Crippen molar-refractivity contribution in [1.82, 2.24) is 20.9 Å². The zero-order valence-electron chi connectivity index (χ0n) is 35.9. The van der Waals surface area contributed by atoms with Crippen molar-refractivity contribution in [3.05, 3.63) is 0 Å². The van der Waals surface area contributed by atoms with Gasteiger partial charge >= 0.3 is 5.97 Å². The maximum atomic E-state index is 13.2. The second-order valence-electron chi connectivity index (χ2n) is 17.1. The molecule has 1 heterocycles. The molecule has 7 atom stereocenters. The number of hydrogen-bond acceptors (Lipinski definition) is 11. The number of aliphatic carboxylic acids is 1. The second kappa shape index (κ2) is 24.3. The quantitative estimate of drug-likeness (QED) is 0.0657. The molecule has 328 valence electrons. The van der Waals surface area contributed by atoms with Crippen LogP contribution in [0.4, 0.5) is 0 Å². The van der Waals surface area contributed by atoms with Crippen LogP contribution in [0.15, 0.2) is 0 Å². The third-order valence-corrected chi connectivity index (χ3v) is 13.3. The molecule has 0 spiro atoms. The van der Waals surface area contributed by atoms with E-state index in [0.29, 0.717) is 25.0 Å². The molecule has 2 fully saturated rings. The van der Waals surface area contributed by atoms with Gasteiger partial charge in [-0.2, -0.15) is 0 Å². The minimum absolute atomic E-state index is 0.00120. The molecule has 7 unspecified atom stereocenters. The summed E-state index contributed by atoms with van der Waals surface area (Å²) in [5.41, 5.74) is 4.57. The minimum atomic E-state index is -1.18. The Hall–Kier alpha value is -2.79. The molecule has 0 radical (unpaired) electrons. The first kappa shape index (κ1) is 50.4. The molecule has 1 aliphatic heterocycles. The van der Waals surface area contributed by atoms with Crippen molar-refractivity contribution >= 4 is 47.3 Å². The van der Waals surface area contributed by atoms with Gasteiger partial charge in [0, 0.05) is 42.8 Å². The summed E-state index contributed by atoms with van der Waals surface area (Å²) in [5, 5.41) is 17.5. The largest absolute Gasteiger partial charge is 0.480 e. The van der Waals surface area contributed by atoms with E-state index in [9.17, 15) is 28.8 Å². The molecule has 5 amide bonds. The van der Waals surface area contributed by atoms with Gasteiger partial charge < -0.3 is 41.0 Å². The number of carboxylic acid groups (broad SMARTS) is 1. The predicted octanol–water partition coefficient (Wildman–Crippen LogP) is 3.80. The summed E-state index contributed by atoms with van der Waals surface area (Å²) in [5.74, 6) is -1.77. The zero-order valence-corrected chi connectivity index (χ0v) is 36.7. The monoisotopic (exact) mass is 828 g/mol. The number of likely N-dealkylation sites (tertiary alicyclic amines) is 1. The average Bonchev–Trinajstić information content (AvgIpc) is 3.44. The number of nitrogens with zero attached hydrogens (tertiary/aromatic N) is 1. The van der Waals surface area contributed by atoms with Crippen LogP contribution in [0.3, 0.4) is 0 Å². The van der Waals surface area contributed by atoms with E-state index in [1.807, 2.05) is 13.8 Å². The van der Waals surface area contributed by atoms with Crippen molar-refractivity contribution in [2.75, 3.05) is 51.9 Å². The van der Waals surface area contributed by atoms with Gasteiger partial charge in [0.2, 0.25) is 29.5 Å². The number of imide groups is 1. The lowest BCUT2D eigenvalue weighted by Gasteiger charge is -2.47. The van der Waals surface area contributed by atoms with Crippen LogP contribution in [0, 0.1) is 17.3 Å². The average molecular weight is 828 g/mol. The number of carbonyl (C=O) groups excluding carboxylic acids is 5. The molecule has 1 saturated heterocycles. The molecule has 57 heavy (non-hydrogen) atoms. The highest BCUT2D eigenvalue weighted by molar-refractivity contribution is 8.00. The van der Waals surface area contributed by atoms with Crippen LogP contribution < -0.4 is 21.7 Å². The van der Waals surface area contributed by atoms with Crippen molar-refractivity contribution in [3.8, 4) is 0 Å². The van der Waals surface area contributed by atoms with E-state index in [4.69, 9.17) is 25.1 Å². The number of hydrogen-bond donors (Lipinski definition) is 5. The van der Waals surface area contributed by atoms with Crippen LogP contribution in [0.5, 0.6) is 0 Å². The summed E-state index contributed by atoms with van der Waals surface area (Å²) in [6, 6.07) is -1.13. The van der Waals surface area contributed by atoms with Gasteiger partial charge in [-0.25, -0.2) is 0 Å². The lowest BCUT2D eigenvalue weighted by Crippen LogP contribution is -2.57. The molecule has 1 saturated carbocycles. The highest BCUT2D eigenvalue weighted by Gasteiger charge is 2.45. The van der Waals surface area contributed by atoms with E-state index in [1.54, 1.807) is 0 Å². The molecule has 15 nitrogen and oxygen atoms in total. The van der Waals surface area contributed by atoms with Crippen LogP contribution in [0.1, 0.15) is 126 Å². The van der Waals surface area contributed by atoms with E-state index >= 15 is 0 Å². The Morgan fingerprint density at radius 3 is 2.28 bits per heavy atom. The van der Waals surface area contributed by atoms with Crippen molar-refractivity contribution in [2.45, 2.75) is 154 Å². The Morgan fingerprint density at radius 1 is 0.982 bits per heavy atom. The summed E-state index contributed by atoms with van der Waals surface area (Å²) >= 11 is 1.03. The number of nitrogens with one attached hydrogen (secondary N) is 3. The Morgan fingerprint density at radius 2 is 1.65 bits per heavy atom. The van der Waals surface area contributed by atoms with Crippen molar-refractivity contribution in [3.63, 3.8) is 0 Å². The van der Waals surface area contributed by atoms with E-state index in [0.717, 1.165) is 74.4 Å². The van der Waals surface area contributed by atoms with Crippen LogP contribution in [0.25, 0.3) is 0 Å². The number of ether oxygens (including phenoxy) is 3. The molecule has 6 N–H and O–H groups in total. The molecule has 1 aliphatic carbocycles. The third-order valence-electron chi connectivity index (χ3n) is 12.0. The van der Waals surface area contributed by atoms with Gasteiger partial charge in [0.05, 0.1) is 31.2 Å². The molecular weight excluding hydrogens is 755 g/mol. The number of carbonyl (C=O) groups is 6. The molecule has 0 aromatic heterocycles. The maximum absolute atomic E-state index is 13.2. The standard InChI is InChI=1S/C41H73N5O10S/c1-9-40(7,44-34(48)25-55-20-21-56-28(3)4)24-30-12-11-15-39(6,16-13-29(5)22-30)41(8,10-2)45-35(49)26-54-19-17-43-33(47)14-18-46-36(50)23-32(37(46)51)57-27-31(42)38(52)53/h28-32H,9-27,42H2,1-8H3,(H,43,47)(H,44,48)(H,45,49)(H,52,53). The minimum Gasteiger partial charge on any atom is -0.480 e. The molecule has 0 aromatic rings. The third kappa shape index (κ3) is 17.1. The molecule has 2 aliphatic rings. The number of nitrogens with two attached hydrogens (primary N) is 1. The number of rotatable bonds is 25. The van der Waals surface area contributed by atoms with Gasteiger partial charge in [-0.05, 0) is 83.5 Å². The molecule has 0 bridgehead atoms. The summed E-state index contributed by atoms with van der Waals surface area (Å²) in [6.07, 6.45) is 8.59. The number of amides is 5. The van der Waals surface area contributed by atoms with Crippen LogP contribution in [-0.4, -0.2) is 126 Å². The first-order valence-electron chi connectivity index (χ1n) is 20.9. The van der Waals surface area contributed by atoms with Crippen LogP contribution >= 0.6 is 11.8 Å². The highest BCUT2D eigenvalue weighted by Crippen LogP contribution is 2.46. The summed E-state index contributed by atoms with van der Waals surface area (Å²) in [6.45, 7) is 17.9. The fourth-order valence-corrected chi connectivity index (χ4v) is 8.97. The van der Waals surface area contributed by atoms with Gasteiger partial charge in [-0.1, -0.05) is 47.0 Å². The maximum Gasteiger partial charge on any atom is 0.321 e. The van der Waals surface area contributed by atoms with E-state index in [2.05, 4.69) is 57.5 Å². The second-order valence-corrected chi connectivity index (χ2v) is 18.3. The van der Waals surface area contributed by atoms with Crippen LogP contribution in [0.2, 0.25) is 0 Å². The number of carboxylic acids is 1. The predicted molar refractivity (Wildman–Crippen MR) is 220 cm³/mol. The van der Waals surface area contributed by atoms with E-state index in [-0.39, 0.29) is 86.3 Å². The molecular formula is C41H73N5O10S. The lowest BCUT2D eigenvalue weighted by molar-refractivity contribution is -0.139. The topological polar surface area (TPSA) is 216 Å². The summed E-state index contributed by atoms with van der Waals surface area (Å²) in [7, 11) is 0. The number of thioether (sulfide) groups is 1. The fourth-order valence-electron chi connectivity index (χ4n) is 7.86. The zero-order chi connectivity index (χ0) is 42.8. The van der Waals surface area contributed by atoms with Gasteiger partial charge in [0.1, 0.15) is 19.3 Å². The molecule has 16 heteroatoms. The Bertz CT molecular complexity index is 1340. The Kier molecular flexibility index (Phi) is 21.5. The molecule has 2 rings (SSSR count). The van der Waals surface area contributed by atoms with E-state index < -0.39 is 34.6 Å². The van der Waals surface area contributed by atoms with Crippen molar-refractivity contribution < 1.29 is 48.1 Å².